The Hall–Kier alpha value is -0.990. The van der Waals surface area contributed by atoms with Gasteiger partial charge in [0, 0.05) is 24.5 Å². The summed E-state index contributed by atoms with van der Waals surface area (Å²) in [6.07, 6.45) is 12.2. The van der Waals surface area contributed by atoms with Crippen LogP contribution in [0.3, 0.4) is 0 Å². The quantitative estimate of drug-likeness (QED) is 0.846. The maximum atomic E-state index is 4.46. The number of rotatable bonds is 3. The minimum atomic E-state index is 0.671. The Morgan fingerprint density at radius 3 is 2.75 bits per heavy atom. The van der Waals surface area contributed by atoms with E-state index in [-0.39, 0.29) is 0 Å². The van der Waals surface area contributed by atoms with Crippen molar-refractivity contribution in [1.82, 2.24) is 9.55 Å². The summed E-state index contributed by atoms with van der Waals surface area (Å²) in [5, 5.41) is 3.56. The molecule has 0 spiro atoms. The Kier molecular flexibility index (Phi) is 2.62. The van der Waals surface area contributed by atoms with Gasteiger partial charge in [-0.05, 0) is 25.2 Å². The molecule has 1 aromatic heterocycles. The highest BCUT2D eigenvalue weighted by Gasteiger charge is 2.33. The highest BCUT2D eigenvalue weighted by molar-refractivity contribution is 5.31. The average Bonchev–Trinajstić information content (AvgIpc) is 2.82. The topological polar surface area (TPSA) is 29.9 Å². The van der Waals surface area contributed by atoms with Gasteiger partial charge in [-0.25, -0.2) is 4.98 Å². The minimum absolute atomic E-state index is 0.671. The maximum absolute atomic E-state index is 4.46. The van der Waals surface area contributed by atoms with Gasteiger partial charge in [0.2, 0.25) is 5.95 Å². The van der Waals surface area contributed by atoms with Crippen molar-refractivity contribution >= 4 is 5.95 Å². The van der Waals surface area contributed by atoms with Crippen LogP contribution in [0.2, 0.25) is 0 Å². The average molecular weight is 219 g/mol. The highest BCUT2D eigenvalue weighted by Crippen LogP contribution is 2.34. The molecule has 0 aliphatic heterocycles. The first-order valence-electron chi connectivity index (χ1n) is 6.64. The molecule has 0 radical (unpaired) electrons. The number of hydrogen-bond acceptors (Lipinski definition) is 2. The summed E-state index contributed by atoms with van der Waals surface area (Å²) in [6, 6.07) is 1.36. The largest absolute Gasteiger partial charge is 0.353 e. The fourth-order valence-corrected chi connectivity index (χ4v) is 2.77. The van der Waals surface area contributed by atoms with Crippen molar-refractivity contribution in [3.8, 4) is 0 Å². The molecule has 2 unspecified atom stereocenters. The van der Waals surface area contributed by atoms with Crippen molar-refractivity contribution in [2.45, 2.75) is 57.5 Å². The van der Waals surface area contributed by atoms with Gasteiger partial charge in [-0.2, -0.15) is 0 Å². The summed E-state index contributed by atoms with van der Waals surface area (Å²) in [6.45, 7) is 2.30. The van der Waals surface area contributed by atoms with E-state index in [4.69, 9.17) is 0 Å². The summed E-state index contributed by atoms with van der Waals surface area (Å²) >= 11 is 0. The van der Waals surface area contributed by atoms with Crippen molar-refractivity contribution in [2.75, 3.05) is 5.32 Å². The fraction of sp³-hybridized carbons (Fsp3) is 0.769. The molecule has 1 N–H and O–H groups in total. The molecule has 3 rings (SSSR count). The summed E-state index contributed by atoms with van der Waals surface area (Å²) in [5.41, 5.74) is 0. The van der Waals surface area contributed by atoms with Gasteiger partial charge >= 0.3 is 0 Å². The molecular formula is C13H21N3. The molecule has 0 saturated heterocycles. The first-order valence-corrected chi connectivity index (χ1v) is 6.64. The normalized spacial score (nSPS) is 30.3. The van der Waals surface area contributed by atoms with E-state index in [1.165, 1.54) is 38.5 Å². The van der Waals surface area contributed by atoms with Crippen LogP contribution in [0.25, 0.3) is 0 Å². The predicted octanol–water partition coefficient (Wildman–Crippen LogP) is 3.21. The second-order valence-electron chi connectivity index (χ2n) is 5.41. The molecule has 0 bridgehead atoms. The van der Waals surface area contributed by atoms with Crippen LogP contribution in [0.5, 0.6) is 0 Å². The fourth-order valence-electron chi connectivity index (χ4n) is 2.77. The van der Waals surface area contributed by atoms with E-state index in [1.807, 2.05) is 6.20 Å². The number of anilines is 1. The van der Waals surface area contributed by atoms with E-state index in [0.29, 0.717) is 12.1 Å². The molecule has 2 atom stereocenters. The Morgan fingerprint density at radius 2 is 2.06 bits per heavy atom. The van der Waals surface area contributed by atoms with Gasteiger partial charge in [0.05, 0.1) is 0 Å². The van der Waals surface area contributed by atoms with Gasteiger partial charge in [-0.3, -0.25) is 0 Å². The second kappa shape index (κ2) is 4.11. The number of aromatic nitrogens is 2. The Balaban J connectivity index is 1.70. The number of hydrogen-bond donors (Lipinski definition) is 1. The molecule has 3 nitrogen and oxygen atoms in total. The molecule has 0 aromatic carbocycles. The van der Waals surface area contributed by atoms with Crippen LogP contribution in [0.15, 0.2) is 12.4 Å². The van der Waals surface area contributed by atoms with Gasteiger partial charge in [0.25, 0.3) is 0 Å². The molecule has 2 fully saturated rings. The lowest BCUT2D eigenvalue weighted by molar-refractivity contribution is 0.355. The Labute approximate surface area is 97.3 Å². The molecule has 88 valence electrons. The predicted molar refractivity (Wildman–Crippen MR) is 65.5 cm³/mol. The molecule has 2 saturated carbocycles. The third-order valence-electron chi connectivity index (χ3n) is 4.06. The molecule has 16 heavy (non-hydrogen) atoms. The molecule has 3 heteroatoms. The first kappa shape index (κ1) is 10.2. The standard InChI is InChI=1S/C13H21N3/c1-10-9-12(10)15-13-14-7-8-16(13)11-5-3-2-4-6-11/h7-8,10-12H,2-6,9H2,1H3,(H,14,15). The van der Waals surface area contributed by atoms with Crippen LogP contribution in [-0.4, -0.2) is 15.6 Å². The zero-order chi connectivity index (χ0) is 11.0. The summed E-state index contributed by atoms with van der Waals surface area (Å²) in [5.74, 6) is 1.93. The van der Waals surface area contributed by atoms with Crippen molar-refractivity contribution in [2.24, 2.45) is 5.92 Å². The van der Waals surface area contributed by atoms with Gasteiger partial charge in [-0.15, -0.1) is 0 Å². The minimum Gasteiger partial charge on any atom is -0.353 e. The Bertz CT molecular complexity index is 352. The molecule has 1 aromatic rings. The molecule has 0 amide bonds. The number of nitrogens with one attached hydrogen (secondary N) is 1. The monoisotopic (exact) mass is 219 g/mol. The van der Waals surface area contributed by atoms with Crippen LogP contribution in [0, 0.1) is 5.92 Å². The maximum Gasteiger partial charge on any atom is 0.203 e. The summed E-state index contributed by atoms with van der Waals surface area (Å²) in [4.78, 5) is 4.46. The lowest BCUT2D eigenvalue weighted by atomic mass is 9.95. The van der Waals surface area contributed by atoms with Gasteiger partial charge in [-0.1, -0.05) is 26.2 Å². The van der Waals surface area contributed by atoms with E-state index in [0.717, 1.165) is 11.9 Å². The van der Waals surface area contributed by atoms with Crippen molar-refractivity contribution in [1.29, 1.82) is 0 Å². The zero-order valence-corrected chi connectivity index (χ0v) is 10.0. The van der Waals surface area contributed by atoms with Gasteiger partial charge in [0.1, 0.15) is 0 Å². The zero-order valence-electron chi connectivity index (χ0n) is 10.0. The van der Waals surface area contributed by atoms with E-state index in [9.17, 15) is 0 Å². The van der Waals surface area contributed by atoms with E-state index in [2.05, 4.69) is 28.0 Å². The lowest BCUT2D eigenvalue weighted by Crippen LogP contribution is -2.16. The third-order valence-corrected chi connectivity index (χ3v) is 4.06. The Morgan fingerprint density at radius 1 is 1.31 bits per heavy atom. The lowest BCUT2D eigenvalue weighted by Gasteiger charge is -2.24. The third kappa shape index (κ3) is 1.95. The first-order chi connectivity index (χ1) is 7.84. The van der Waals surface area contributed by atoms with Crippen molar-refractivity contribution in [3.05, 3.63) is 12.4 Å². The molecule has 2 aliphatic rings. The molecule has 1 heterocycles. The highest BCUT2D eigenvalue weighted by atomic mass is 15.2. The van der Waals surface area contributed by atoms with Crippen LogP contribution in [0.4, 0.5) is 5.95 Å². The SMILES string of the molecule is CC1CC1Nc1nccn1C1CCCCC1. The summed E-state index contributed by atoms with van der Waals surface area (Å²) < 4.78 is 2.37. The van der Waals surface area contributed by atoms with Gasteiger partial charge < -0.3 is 9.88 Å². The van der Waals surface area contributed by atoms with E-state index < -0.39 is 0 Å². The van der Waals surface area contributed by atoms with Crippen LogP contribution >= 0.6 is 0 Å². The van der Waals surface area contributed by atoms with Crippen LogP contribution < -0.4 is 5.32 Å². The second-order valence-corrected chi connectivity index (χ2v) is 5.41. The van der Waals surface area contributed by atoms with E-state index >= 15 is 0 Å². The van der Waals surface area contributed by atoms with Crippen LogP contribution in [-0.2, 0) is 0 Å². The smallest absolute Gasteiger partial charge is 0.203 e. The van der Waals surface area contributed by atoms with E-state index in [1.54, 1.807) is 0 Å². The van der Waals surface area contributed by atoms with Crippen molar-refractivity contribution < 1.29 is 0 Å². The van der Waals surface area contributed by atoms with Gasteiger partial charge in [0.15, 0.2) is 0 Å². The van der Waals surface area contributed by atoms with Crippen LogP contribution in [0.1, 0.15) is 51.5 Å². The molecule has 2 aliphatic carbocycles. The molecular weight excluding hydrogens is 198 g/mol. The number of imidazole rings is 1. The van der Waals surface area contributed by atoms with Crippen molar-refractivity contribution in [3.63, 3.8) is 0 Å². The summed E-state index contributed by atoms with van der Waals surface area (Å²) in [7, 11) is 0. The number of nitrogens with zero attached hydrogens (tertiary/aromatic N) is 2.